The lowest BCUT2D eigenvalue weighted by atomic mass is 10.1. The van der Waals surface area contributed by atoms with E-state index in [2.05, 4.69) is 20.8 Å². The van der Waals surface area contributed by atoms with Gasteiger partial charge in [-0.1, -0.05) is 5.16 Å². The zero-order chi connectivity index (χ0) is 22.1. The lowest BCUT2D eigenvalue weighted by Crippen LogP contribution is -2.25. The predicted molar refractivity (Wildman–Crippen MR) is 123 cm³/mol. The van der Waals surface area contributed by atoms with E-state index in [0.29, 0.717) is 28.7 Å². The molecule has 1 heterocycles. The number of carbonyl (C=O) groups is 1. The topological polar surface area (TPSA) is 108 Å². The molecule has 2 N–H and O–H groups in total. The van der Waals surface area contributed by atoms with Crippen LogP contribution in [-0.2, 0) is 32.1 Å². The summed E-state index contributed by atoms with van der Waals surface area (Å²) in [6.45, 7) is 2.02. The summed E-state index contributed by atoms with van der Waals surface area (Å²) in [7, 11) is 1.66. The summed E-state index contributed by atoms with van der Waals surface area (Å²) < 4.78 is 16.7. The highest BCUT2D eigenvalue weighted by molar-refractivity contribution is 7.90. The number of methoxy groups -OCH3 is 1. The van der Waals surface area contributed by atoms with Crippen molar-refractivity contribution in [1.29, 1.82) is 0 Å². The number of oxime groups is 1. The van der Waals surface area contributed by atoms with Gasteiger partial charge < -0.3 is 19.4 Å². The number of nitrogens with zero attached hydrogens (tertiary/aromatic N) is 2. The SMILES string of the molecule is COCCNCc1cnc(NC(=O)/C(=N/OC2CCCC2)c2ccc([S+](C)[O-])cc2)s1. The minimum absolute atomic E-state index is 0.0369. The van der Waals surface area contributed by atoms with Crippen LogP contribution in [-0.4, -0.2) is 53.8 Å². The van der Waals surface area contributed by atoms with Crippen LogP contribution in [0.15, 0.2) is 40.5 Å². The molecule has 1 unspecified atom stereocenters. The van der Waals surface area contributed by atoms with E-state index in [1.165, 1.54) is 11.3 Å². The first-order chi connectivity index (χ1) is 15.1. The van der Waals surface area contributed by atoms with Crippen LogP contribution in [0.1, 0.15) is 36.1 Å². The number of rotatable bonds is 11. The van der Waals surface area contributed by atoms with E-state index in [4.69, 9.17) is 9.57 Å². The summed E-state index contributed by atoms with van der Waals surface area (Å²) in [4.78, 5) is 24.6. The van der Waals surface area contributed by atoms with E-state index < -0.39 is 17.1 Å². The zero-order valence-corrected chi connectivity index (χ0v) is 19.4. The van der Waals surface area contributed by atoms with E-state index in [-0.39, 0.29) is 11.8 Å². The molecule has 31 heavy (non-hydrogen) atoms. The predicted octanol–water partition coefficient (Wildman–Crippen LogP) is 2.92. The lowest BCUT2D eigenvalue weighted by molar-refractivity contribution is -0.110. The summed E-state index contributed by atoms with van der Waals surface area (Å²) in [5.41, 5.74) is 0.776. The van der Waals surface area contributed by atoms with Crippen LogP contribution in [0.25, 0.3) is 0 Å². The van der Waals surface area contributed by atoms with E-state index in [0.717, 1.165) is 37.1 Å². The minimum Gasteiger partial charge on any atom is -0.612 e. The lowest BCUT2D eigenvalue weighted by Gasteiger charge is -2.11. The maximum atomic E-state index is 13.0. The molecule has 1 aromatic heterocycles. The molecule has 0 aliphatic heterocycles. The van der Waals surface area contributed by atoms with Gasteiger partial charge in [0.25, 0.3) is 5.91 Å². The molecular formula is C21H28N4O4S2. The van der Waals surface area contributed by atoms with Crippen LogP contribution in [0, 0.1) is 0 Å². The molecule has 1 amide bonds. The Morgan fingerprint density at radius 1 is 1.32 bits per heavy atom. The van der Waals surface area contributed by atoms with Crippen LogP contribution in [0.5, 0.6) is 0 Å². The van der Waals surface area contributed by atoms with E-state index in [1.807, 2.05) is 0 Å². The van der Waals surface area contributed by atoms with Crippen LogP contribution < -0.4 is 10.6 Å². The Bertz CT molecular complexity index is 865. The monoisotopic (exact) mass is 464 g/mol. The molecule has 1 aliphatic carbocycles. The molecule has 0 spiro atoms. The number of carbonyl (C=O) groups excluding carboxylic acids is 1. The Kier molecular flexibility index (Phi) is 9.29. The van der Waals surface area contributed by atoms with Crippen molar-refractivity contribution < 1.29 is 18.9 Å². The minimum atomic E-state index is -1.09. The fourth-order valence-corrected chi connectivity index (χ4v) is 4.44. The first kappa shape index (κ1) is 23.7. The van der Waals surface area contributed by atoms with Crippen molar-refractivity contribution in [2.24, 2.45) is 5.16 Å². The fraction of sp³-hybridized carbons (Fsp3) is 0.476. The molecule has 10 heteroatoms. The third kappa shape index (κ3) is 7.29. The maximum absolute atomic E-state index is 13.0. The summed E-state index contributed by atoms with van der Waals surface area (Å²) in [6, 6.07) is 6.94. The number of aromatic nitrogens is 1. The van der Waals surface area contributed by atoms with E-state index in [1.54, 1.807) is 43.8 Å². The molecule has 0 saturated heterocycles. The third-order valence-electron chi connectivity index (χ3n) is 4.83. The van der Waals surface area contributed by atoms with Crippen molar-refractivity contribution in [2.75, 3.05) is 31.8 Å². The Morgan fingerprint density at radius 2 is 2.06 bits per heavy atom. The third-order valence-corrected chi connectivity index (χ3v) is 6.68. The van der Waals surface area contributed by atoms with Crippen molar-refractivity contribution >= 4 is 39.3 Å². The molecular weight excluding hydrogens is 436 g/mol. The molecule has 0 radical (unpaired) electrons. The van der Waals surface area contributed by atoms with E-state index in [9.17, 15) is 9.35 Å². The fourth-order valence-electron chi connectivity index (χ4n) is 3.14. The molecule has 2 aromatic rings. The number of benzene rings is 1. The summed E-state index contributed by atoms with van der Waals surface area (Å²) in [6.07, 6.45) is 7.49. The maximum Gasteiger partial charge on any atom is 0.280 e. The Hall–Kier alpha value is -1.98. The van der Waals surface area contributed by atoms with Gasteiger partial charge in [0.15, 0.2) is 15.7 Å². The van der Waals surface area contributed by atoms with Crippen LogP contribution in [0.3, 0.4) is 0 Å². The van der Waals surface area contributed by atoms with Crippen molar-refractivity contribution in [3.05, 3.63) is 40.9 Å². The molecule has 1 atom stereocenters. The first-order valence-electron chi connectivity index (χ1n) is 10.2. The van der Waals surface area contributed by atoms with Gasteiger partial charge in [-0.05, 0) is 61.1 Å². The highest BCUT2D eigenvalue weighted by Crippen LogP contribution is 2.22. The van der Waals surface area contributed by atoms with Crippen LogP contribution in [0.4, 0.5) is 5.13 Å². The Morgan fingerprint density at radius 3 is 2.74 bits per heavy atom. The van der Waals surface area contributed by atoms with Gasteiger partial charge in [0.05, 0.1) is 6.61 Å². The normalized spacial score (nSPS) is 15.8. The standard InChI is InChI=1S/C21H28N4O4S2/c1-28-12-11-22-13-17-14-23-21(30-17)24-20(26)19(25-29-16-5-3-4-6-16)15-7-9-18(10-8-15)31(2)27/h7-10,14,16,22H,3-6,11-13H2,1-2H3,(H,23,24,26)/b25-19+. The molecule has 1 aromatic carbocycles. The van der Waals surface area contributed by atoms with Crippen molar-refractivity contribution in [1.82, 2.24) is 10.3 Å². The van der Waals surface area contributed by atoms with Gasteiger partial charge in [-0.3, -0.25) is 10.1 Å². The molecule has 1 aliphatic rings. The highest BCUT2D eigenvalue weighted by Gasteiger charge is 2.21. The van der Waals surface area contributed by atoms with Crippen molar-refractivity contribution in [3.8, 4) is 0 Å². The van der Waals surface area contributed by atoms with Gasteiger partial charge >= 0.3 is 0 Å². The molecule has 1 saturated carbocycles. The number of ether oxygens (including phenoxy) is 1. The average molecular weight is 465 g/mol. The number of anilines is 1. The molecule has 1 fully saturated rings. The van der Waals surface area contributed by atoms with Crippen molar-refractivity contribution in [3.63, 3.8) is 0 Å². The summed E-state index contributed by atoms with van der Waals surface area (Å²) >= 11 is 0.305. The van der Waals surface area contributed by atoms with Crippen LogP contribution >= 0.6 is 11.3 Å². The highest BCUT2D eigenvalue weighted by atomic mass is 32.2. The molecule has 8 nitrogen and oxygen atoms in total. The molecule has 0 bridgehead atoms. The number of hydrogen-bond acceptors (Lipinski definition) is 8. The largest absolute Gasteiger partial charge is 0.612 e. The second-order valence-corrected chi connectivity index (χ2v) is 9.68. The van der Waals surface area contributed by atoms with Gasteiger partial charge in [0.2, 0.25) is 0 Å². The number of hydrogen-bond donors (Lipinski definition) is 2. The number of nitrogens with one attached hydrogen (secondary N) is 2. The first-order valence-corrected chi connectivity index (χ1v) is 12.6. The molecule has 3 rings (SSSR count). The zero-order valence-electron chi connectivity index (χ0n) is 17.8. The summed E-state index contributed by atoms with van der Waals surface area (Å²) in [5, 5.41) is 10.8. The quantitative estimate of drug-likeness (QED) is 0.229. The second kappa shape index (κ2) is 12.2. The van der Waals surface area contributed by atoms with Crippen molar-refractivity contribution in [2.45, 2.75) is 43.2 Å². The Balaban J connectivity index is 1.70. The van der Waals surface area contributed by atoms with Gasteiger partial charge in [-0.2, -0.15) is 0 Å². The number of amides is 1. The van der Waals surface area contributed by atoms with E-state index >= 15 is 0 Å². The van der Waals surface area contributed by atoms with Gasteiger partial charge in [0.1, 0.15) is 12.4 Å². The summed E-state index contributed by atoms with van der Waals surface area (Å²) in [5.74, 6) is -0.392. The van der Waals surface area contributed by atoms with Gasteiger partial charge in [-0.15, -0.1) is 11.3 Å². The van der Waals surface area contributed by atoms with Gasteiger partial charge in [-0.25, -0.2) is 4.98 Å². The van der Waals surface area contributed by atoms with Gasteiger partial charge in [0, 0.05) is 36.8 Å². The average Bonchev–Trinajstić information content (AvgIpc) is 3.44. The Labute approximate surface area is 189 Å². The second-order valence-electron chi connectivity index (χ2n) is 7.19. The van der Waals surface area contributed by atoms with Crippen LogP contribution in [0.2, 0.25) is 0 Å². The smallest absolute Gasteiger partial charge is 0.280 e. The molecule has 168 valence electrons. The number of thiazole rings is 1.